The number of rotatable bonds is 5. The van der Waals surface area contributed by atoms with Crippen molar-refractivity contribution in [3.05, 3.63) is 52.2 Å². The van der Waals surface area contributed by atoms with Crippen LogP contribution in [0.2, 0.25) is 0 Å². The number of hydrogen-bond acceptors (Lipinski definition) is 7. The van der Waals surface area contributed by atoms with Crippen LogP contribution >= 0.6 is 11.3 Å². The second-order valence-electron chi connectivity index (χ2n) is 7.86. The molecule has 3 aromatic rings. The number of nitrogens with one attached hydrogen (secondary N) is 1. The van der Waals surface area contributed by atoms with Gasteiger partial charge in [-0.15, -0.1) is 10.2 Å². The van der Waals surface area contributed by atoms with Crippen LogP contribution in [-0.4, -0.2) is 54.9 Å². The lowest BCUT2D eigenvalue weighted by atomic mass is 9.57. The Kier molecular flexibility index (Phi) is 6.61. The van der Waals surface area contributed by atoms with Gasteiger partial charge in [0.15, 0.2) is 22.5 Å². The molecule has 1 N–H and O–H groups in total. The van der Waals surface area contributed by atoms with Crippen molar-refractivity contribution in [3.8, 4) is 10.7 Å². The van der Waals surface area contributed by atoms with Gasteiger partial charge < -0.3 is 10.2 Å². The molecule has 0 unspecified atom stereocenters. The Balaban J connectivity index is 1.43. The van der Waals surface area contributed by atoms with E-state index in [1.165, 1.54) is 11.3 Å². The average Bonchev–Trinajstić information content (AvgIpc) is 3.22. The monoisotopic (exact) mass is 486 g/mol. The molecule has 172 valence electrons. The molecule has 1 fully saturated rings. The van der Waals surface area contributed by atoms with Gasteiger partial charge in [-0.2, -0.15) is 0 Å². The molecule has 0 atom stereocenters. The molecular formula is C20H16B2F4N6OS. The maximum absolute atomic E-state index is 14.2. The van der Waals surface area contributed by atoms with Crippen LogP contribution in [0.3, 0.4) is 0 Å². The first kappa shape index (κ1) is 24.1. The van der Waals surface area contributed by atoms with Gasteiger partial charge in [-0.3, -0.25) is 4.79 Å². The topological polar surface area (TPSA) is 83.9 Å². The van der Waals surface area contributed by atoms with Crippen molar-refractivity contribution in [1.29, 1.82) is 0 Å². The average molecular weight is 486 g/mol. The predicted molar refractivity (Wildman–Crippen MR) is 118 cm³/mol. The maximum Gasteiger partial charge on any atom is 0.226 e. The first-order chi connectivity index (χ1) is 16.0. The van der Waals surface area contributed by atoms with Gasteiger partial charge in [0.05, 0.1) is 21.9 Å². The highest BCUT2D eigenvalue weighted by Gasteiger charge is 2.32. The van der Waals surface area contributed by atoms with E-state index in [4.69, 9.17) is 15.7 Å². The highest BCUT2D eigenvalue weighted by molar-refractivity contribution is 7.14. The summed E-state index contributed by atoms with van der Waals surface area (Å²) < 4.78 is 55.4. The summed E-state index contributed by atoms with van der Waals surface area (Å²) >= 11 is 1.20. The Labute approximate surface area is 198 Å². The Bertz CT molecular complexity index is 1240. The minimum Gasteiger partial charge on any atom is -0.363 e. The molecule has 4 radical (unpaired) electrons. The lowest BCUT2D eigenvalue weighted by Crippen LogP contribution is -2.51. The first-order valence-corrected chi connectivity index (χ1v) is 11.0. The summed E-state index contributed by atoms with van der Waals surface area (Å²) in [5.41, 5.74) is -0.675. The number of benzene rings is 1. The van der Waals surface area contributed by atoms with Gasteiger partial charge in [0.2, 0.25) is 11.9 Å². The van der Waals surface area contributed by atoms with Gasteiger partial charge in [-0.05, 0) is 31.2 Å². The predicted octanol–water partition coefficient (Wildman–Crippen LogP) is 2.34. The number of carbonyl (C=O) groups is 1. The van der Waals surface area contributed by atoms with Crippen molar-refractivity contribution >= 4 is 38.9 Å². The number of aryl methyl sites for hydroxylation is 1. The minimum atomic E-state index is -2.32. The summed E-state index contributed by atoms with van der Waals surface area (Å²) in [5, 5.41) is 8.72. The molecular weight excluding hydrogens is 470 g/mol. The molecule has 4 rings (SSSR count). The zero-order valence-electron chi connectivity index (χ0n) is 17.9. The molecule has 0 bridgehead atoms. The van der Waals surface area contributed by atoms with Gasteiger partial charge in [-0.25, -0.2) is 27.5 Å². The number of carbonyl (C=O) groups excluding carboxylic acids is 1. The number of piperidine rings is 1. The molecule has 1 saturated heterocycles. The fourth-order valence-corrected chi connectivity index (χ4v) is 4.31. The van der Waals surface area contributed by atoms with E-state index in [0.717, 1.165) is 6.20 Å². The van der Waals surface area contributed by atoms with Crippen molar-refractivity contribution in [3.63, 3.8) is 0 Å². The van der Waals surface area contributed by atoms with E-state index in [0.29, 0.717) is 48.1 Å². The van der Waals surface area contributed by atoms with Crippen LogP contribution in [0.4, 0.5) is 23.5 Å². The third-order valence-corrected chi connectivity index (χ3v) is 6.22. The first-order valence-electron chi connectivity index (χ1n) is 10.2. The highest BCUT2D eigenvalue weighted by atomic mass is 32.1. The number of amides is 1. The molecule has 0 aliphatic carbocycles. The SMILES string of the molecule is [B]C([B])(NC(=O)C1CCN(c2ncc(F)c(-c3nnc(C)s3)n2)CC1)c1cc(F)cc(F)c1F. The summed E-state index contributed by atoms with van der Waals surface area (Å²) in [6.45, 7) is 2.44. The normalized spacial score (nSPS) is 14.9. The highest BCUT2D eigenvalue weighted by Crippen LogP contribution is 2.28. The fourth-order valence-electron chi connectivity index (χ4n) is 3.62. The smallest absolute Gasteiger partial charge is 0.226 e. The van der Waals surface area contributed by atoms with Crippen LogP contribution in [0, 0.1) is 36.1 Å². The van der Waals surface area contributed by atoms with E-state index in [-0.39, 0.29) is 11.6 Å². The second kappa shape index (κ2) is 9.32. The molecule has 34 heavy (non-hydrogen) atoms. The number of hydrogen-bond donors (Lipinski definition) is 1. The van der Waals surface area contributed by atoms with Gasteiger partial charge in [-0.1, -0.05) is 11.3 Å². The maximum atomic E-state index is 14.2. The fraction of sp³-hybridized carbons (Fsp3) is 0.350. The molecule has 14 heteroatoms. The van der Waals surface area contributed by atoms with E-state index < -0.39 is 46.0 Å². The van der Waals surface area contributed by atoms with E-state index in [9.17, 15) is 22.4 Å². The Morgan fingerprint density at radius 1 is 1.15 bits per heavy atom. The van der Waals surface area contributed by atoms with Crippen molar-refractivity contribution in [1.82, 2.24) is 25.5 Å². The molecule has 7 nitrogen and oxygen atoms in total. The third-order valence-electron chi connectivity index (χ3n) is 5.38. The molecule has 0 spiro atoms. The molecule has 0 saturated carbocycles. The number of nitrogens with zero attached hydrogens (tertiary/aromatic N) is 5. The largest absolute Gasteiger partial charge is 0.363 e. The number of aromatic nitrogens is 4. The number of anilines is 1. The zero-order valence-corrected chi connectivity index (χ0v) is 18.7. The lowest BCUT2D eigenvalue weighted by Gasteiger charge is -2.35. The Morgan fingerprint density at radius 3 is 2.50 bits per heavy atom. The van der Waals surface area contributed by atoms with Crippen LogP contribution in [0.15, 0.2) is 18.3 Å². The molecule has 1 aromatic carbocycles. The standard InChI is InChI=1S/C20H16B2F4N6OS/c1-9-30-31-18(34-9)16-14(25)8-27-19(28-16)32-4-2-10(3-5-32)17(33)29-20(21,22)12-6-11(23)7-13(24)15(12)26/h6-8,10H,2-5H2,1H3,(H,29,33). The van der Waals surface area contributed by atoms with Gasteiger partial charge in [0, 0.05) is 30.6 Å². The van der Waals surface area contributed by atoms with Crippen LogP contribution in [0.1, 0.15) is 23.4 Å². The third kappa shape index (κ3) is 4.91. The van der Waals surface area contributed by atoms with E-state index >= 15 is 0 Å². The summed E-state index contributed by atoms with van der Waals surface area (Å²) in [6.07, 6.45) is 1.71. The van der Waals surface area contributed by atoms with Crippen LogP contribution in [-0.2, 0) is 10.1 Å². The van der Waals surface area contributed by atoms with E-state index in [1.807, 2.05) is 0 Å². The van der Waals surface area contributed by atoms with Gasteiger partial charge >= 0.3 is 0 Å². The van der Waals surface area contributed by atoms with Gasteiger partial charge in [0.1, 0.15) is 16.5 Å². The van der Waals surface area contributed by atoms with Gasteiger partial charge in [0.25, 0.3) is 0 Å². The van der Waals surface area contributed by atoms with Crippen molar-refractivity contribution in [2.45, 2.75) is 25.1 Å². The molecule has 1 aliphatic heterocycles. The summed E-state index contributed by atoms with van der Waals surface area (Å²) in [7, 11) is 11.6. The molecule has 3 heterocycles. The van der Waals surface area contributed by atoms with Crippen LogP contribution < -0.4 is 10.2 Å². The Morgan fingerprint density at radius 2 is 1.85 bits per heavy atom. The van der Waals surface area contributed by atoms with E-state index in [2.05, 4.69) is 25.5 Å². The summed E-state index contributed by atoms with van der Waals surface area (Å²) in [6, 6.07) is 0.978. The number of halogens is 4. The van der Waals surface area contributed by atoms with Crippen molar-refractivity contribution in [2.24, 2.45) is 5.92 Å². The van der Waals surface area contributed by atoms with Crippen molar-refractivity contribution in [2.75, 3.05) is 18.0 Å². The Hall–Kier alpha value is -3.02. The molecule has 2 aromatic heterocycles. The summed E-state index contributed by atoms with van der Waals surface area (Å²) in [5.74, 6) is -5.52. The van der Waals surface area contributed by atoms with Crippen LogP contribution in [0.5, 0.6) is 0 Å². The summed E-state index contributed by atoms with van der Waals surface area (Å²) in [4.78, 5) is 22.8. The molecule has 1 aliphatic rings. The quantitative estimate of drug-likeness (QED) is 0.339. The second-order valence-corrected chi connectivity index (χ2v) is 9.04. The molecule has 1 amide bonds. The van der Waals surface area contributed by atoms with Crippen LogP contribution in [0.25, 0.3) is 10.7 Å². The zero-order chi connectivity index (χ0) is 24.6. The van der Waals surface area contributed by atoms with E-state index in [1.54, 1.807) is 11.8 Å². The van der Waals surface area contributed by atoms with Crippen molar-refractivity contribution < 1.29 is 22.4 Å². The lowest BCUT2D eigenvalue weighted by molar-refractivity contribution is -0.126. The minimum absolute atomic E-state index is 0.0378.